The Kier molecular flexibility index (Phi) is 19.4. The number of nitrogens with one attached hydrogen (secondary N) is 1. The summed E-state index contributed by atoms with van der Waals surface area (Å²) in [7, 11) is 0. The van der Waals surface area contributed by atoms with Crippen molar-refractivity contribution in [2.24, 2.45) is 0 Å². The van der Waals surface area contributed by atoms with Crippen molar-refractivity contribution in [3.8, 4) is 0 Å². The van der Waals surface area contributed by atoms with E-state index >= 15 is 0 Å². The van der Waals surface area contributed by atoms with E-state index < -0.39 is 11.7 Å². The van der Waals surface area contributed by atoms with Crippen molar-refractivity contribution in [2.45, 2.75) is 110 Å². The third-order valence-corrected chi connectivity index (χ3v) is 5.10. The minimum absolute atomic E-state index is 0.0720. The molecule has 0 aliphatic heterocycles. The van der Waals surface area contributed by atoms with Gasteiger partial charge in [-0.3, -0.25) is 4.79 Å². The molecule has 0 bridgehead atoms. The third kappa shape index (κ3) is 21.9. The van der Waals surface area contributed by atoms with Crippen LogP contribution in [0.4, 0.5) is 4.79 Å². The maximum atomic E-state index is 11.9. The number of aliphatic hydroxyl groups excluding tert-OH is 1. The van der Waals surface area contributed by atoms with Crippen LogP contribution in [-0.2, 0) is 14.3 Å². The number of rotatable bonds is 20. The number of alkyl carbamates (subject to hydrolysis) is 1. The molecule has 7 nitrogen and oxygen atoms in total. The molecule has 0 fully saturated rings. The fourth-order valence-corrected chi connectivity index (χ4v) is 3.40. The van der Waals surface area contributed by atoms with E-state index in [1.807, 2.05) is 20.8 Å². The monoisotopic (exact) mass is 458 g/mol. The summed E-state index contributed by atoms with van der Waals surface area (Å²) in [6, 6.07) is 0. The van der Waals surface area contributed by atoms with Gasteiger partial charge in [-0.05, 0) is 53.1 Å². The second-order valence-electron chi connectivity index (χ2n) is 9.50. The Labute approximate surface area is 196 Å². The molecule has 0 aromatic carbocycles. The molecule has 0 unspecified atom stereocenters. The normalized spacial score (nSPS) is 11.6. The summed E-state index contributed by atoms with van der Waals surface area (Å²) in [6.07, 6.45) is 12.7. The summed E-state index contributed by atoms with van der Waals surface area (Å²) in [5.41, 5.74) is -0.504. The maximum absolute atomic E-state index is 11.9. The van der Waals surface area contributed by atoms with Crippen molar-refractivity contribution in [3.05, 3.63) is 0 Å². The van der Waals surface area contributed by atoms with E-state index in [-0.39, 0.29) is 12.6 Å². The molecular weight excluding hydrogens is 408 g/mol. The number of carbonyl (C=O) groups excluding carboxylic acids is 2. The quantitative estimate of drug-likeness (QED) is 0.196. The summed E-state index contributed by atoms with van der Waals surface area (Å²) < 4.78 is 10.5. The first-order chi connectivity index (χ1) is 15.3. The van der Waals surface area contributed by atoms with Crippen LogP contribution in [0, 0.1) is 0 Å². The van der Waals surface area contributed by atoms with Gasteiger partial charge in [-0.15, -0.1) is 0 Å². The zero-order chi connectivity index (χ0) is 24.1. The van der Waals surface area contributed by atoms with Crippen molar-refractivity contribution in [1.29, 1.82) is 0 Å². The van der Waals surface area contributed by atoms with Gasteiger partial charge in [0.05, 0.1) is 13.2 Å². The molecule has 0 spiro atoms. The van der Waals surface area contributed by atoms with Gasteiger partial charge >= 0.3 is 12.1 Å². The number of aliphatic hydroxyl groups is 1. The molecule has 0 aromatic heterocycles. The van der Waals surface area contributed by atoms with Crippen LogP contribution in [0.5, 0.6) is 0 Å². The number of carbonyl (C=O) groups is 2. The van der Waals surface area contributed by atoms with E-state index in [2.05, 4.69) is 17.1 Å². The lowest BCUT2D eigenvalue weighted by Crippen LogP contribution is -2.35. The average Bonchev–Trinajstić information content (AvgIpc) is 2.71. The third-order valence-electron chi connectivity index (χ3n) is 5.10. The summed E-state index contributed by atoms with van der Waals surface area (Å²) in [4.78, 5) is 25.7. The van der Waals surface area contributed by atoms with E-state index in [4.69, 9.17) is 9.47 Å². The molecule has 2 N–H and O–H groups in total. The molecule has 0 aliphatic carbocycles. The molecule has 0 atom stereocenters. The predicted octanol–water partition coefficient (Wildman–Crippen LogP) is 5.05. The van der Waals surface area contributed by atoms with Gasteiger partial charge in [0.1, 0.15) is 5.60 Å². The van der Waals surface area contributed by atoms with E-state index in [0.29, 0.717) is 32.5 Å². The van der Waals surface area contributed by atoms with Gasteiger partial charge in [0.2, 0.25) is 0 Å². The molecule has 32 heavy (non-hydrogen) atoms. The summed E-state index contributed by atoms with van der Waals surface area (Å²) >= 11 is 0. The minimum atomic E-state index is -0.504. The maximum Gasteiger partial charge on any atom is 0.407 e. The Hall–Kier alpha value is -1.34. The molecule has 0 radical (unpaired) electrons. The van der Waals surface area contributed by atoms with E-state index in [1.165, 1.54) is 44.9 Å². The van der Waals surface area contributed by atoms with Crippen LogP contribution in [0.1, 0.15) is 105 Å². The Morgan fingerprint density at radius 1 is 0.844 bits per heavy atom. The van der Waals surface area contributed by atoms with E-state index in [1.54, 1.807) is 0 Å². The Bertz CT molecular complexity index is 466. The fraction of sp³-hybridized carbons (Fsp3) is 0.920. The number of unbranched alkanes of at least 4 members (excludes halogenated alkanes) is 8. The zero-order valence-electron chi connectivity index (χ0n) is 21.3. The minimum Gasteiger partial charge on any atom is -0.466 e. The van der Waals surface area contributed by atoms with Crippen LogP contribution in [0.2, 0.25) is 0 Å². The number of ether oxygens (including phenoxy) is 2. The highest BCUT2D eigenvalue weighted by atomic mass is 16.6. The SMILES string of the molecule is CCCCCCCCCCCOC(=O)CCCN(CCO)CCCNC(=O)OC(C)(C)C. The van der Waals surface area contributed by atoms with E-state index in [9.17, 15) is 14.7 Å². The molecule has 1 amide bonds. The molecule has 190 valence electrons. The Morgan fingerprint density at radius 3 is 2.03 bits per heavy atom. The molecule has 0 heterocycles. The van der Waals surface area contributed by atoms with Crippen molar-refractivity contribution < 1.29 is 24.2 Å². The molecule has 0 saturated heterocycles. The van der Waals surface area contributed by atoms with Gasteiger partial charge in [0.25, 0.3) is 0 Å². The largest absolute Gasteiger partial charge is 0.466 e. The predicted molar refractivity (Wildman–Crippen MR) is 130 cm³/mol. The Morgan fingerprint density at radius 2 is 1.44 bits per heavy atom. The lowest BCUT2D eigenvalue weighted by molar-refractivity contribution is -0.144. The first-order valence-corrected chi connectivity index (χ1v) is 12.7. The highest BCUT2D eigenvalue weighted by Crippen LogP contribution is 2.10. The van der Waals surface area contributed by atoms with Crippen LogP contribution in [0.3, 0.4) is 0 Å². The van der Waals surface area contributed by atoms with Crippen molar-refractivity contribution >= 4 is 12.1 Å². The van der Waals surface area contributed by atoms with Crippen LogP contribution < -0.4 is 5.32 Å². The summed E-state index contributed by atoms with van der Waals surface area (Å²) in [6.45, 7) is 10.8. The van der Waals surface area contributed by atoms with Gasteiger partial charge < -0.3 is 24.8 Å². The highest BCUT2D eigenvalue weighted by molar-refractivity contribution is 5.69. The summed E-state index contributed by atoms with van der Waals surface area (Å²) in [5, 5.41) is 12.0. The lowest BCUT2D eigenvalue weighted by Gasteiger charge is -2.22. The number of nitrogens with zero attached hydrogens (tertiary/aromatic N) is 1. The van der Waals surface area contributed by atoms with Crippen LogP contribution >= 0.6 is 0 Å². The van der Waals surface area contributed by atoms with Gasteiger partial charge in [-0.25, -0.2) is 4.79 Å². The van der Waals surface area contributed by atoms with Gasteiger partial charge in [0.15, 0.2) is 0 Å². The first kappa shape index (κ1) is 30.7. The summed E-state index contributed by atoms with van der Waals surface area (Å²) in [5.74, 6) is -0.139. The zero-order valence-corrected chi connectivity index (χ0v) is 21.3. The smallest absolute Gasteiger partial charge is 0.407 e. The number of esters is 1. The van der Waals surface area contributed by atoms with Gasteiger partial charge in [-0.1, -0.05) is 58.3 Å². The van der Waals surface area contributed by atoms with Crippen LogP contribution in [0.25, 0.3) is 0 Å². The van der Waals surface area contributed by atoms with Crippen LogP contribution in [0.15, 0.2) is 0 Å². The molecule has 0 aromatic rings. The second-order valence-corrected chi connectivity index (χ2v) is 9.50. The fourth-order valence-electron chi connectivity index (χ4n) is 3.40. The first-order valence-electron chi connectivity index (χ1n) is 12.7. The van der Waals surface area contributed by atoms with Crippen molar-refractivity contribution in [3.63, 3.8) is 0 Å². The van der Waals surface area contributed by atoms with Gasteiger partial charge in [0, 0.05) is 19.5 Å². The molecule has 7 heteroatoms. The Balaban J connectivity index is 3.71. The highest BCUT2D eigenvalue weighted by Gasteiger charge is 2.15. The van der Waals surface area contributed by atoms with Crippen LogP contribution in [-0.4, -0.2) is 67.1 Å². The average molecular weight is 459 g/mol. The molecule has 0 rings (SSSR count). The molecule has 0 saturated carbocycles. The number of hydrogen-bond acceptors (Lipinski definition) is 6. The van der Waals surface area contributed by atoms with Gasteiger partial charge in [-0.2, -0.15) is 0 Å². The number of hydrogen-bond donors (Lipinski definition) is 2. The standard InChI is InChI=1S/C25H50N2O5/c1-5-6-7-8-9-10-11-12-13-22-31-23(29)16-14-18-27(20-21-28)19-15-17-26-24(30)32-25(2,3)4/h28H,5-22H2,1-4H3,(H,26,30). The van der Waals surface area contributed by atoms with Crippen molar-refractivity contribution in [1.82, 2.24) is 10.2 Å². The molecule has 0 aliphatic rings. The lowest BCUT2D eigenvalue weighted by atomic mass is 10.1. The van der Waals surface area contributed by atoms with Crippen molar-refractivity contribution in [2.75, 3.05) is 39.4 Å². The second kappa shape index (κ2) is 20.3. The topological polar surface area (TPSA) is 88.1 Å². The molecular formula is C25H50N2O5. The van der Waals surface area contributed by atoms with E-state index in [0.717, 1.165) is 32.4 Å². The number of amides is 1.